The van der Waals surface area contributed by atoms with Crippen molar-refractivity contribution in [1.82, 2.24) is 10.2 Å². The Kier molecular flexibility index (Phi) is 5.98. The lowest BCUT2D eigenvalue weighted by Gasteiger charge is -2.15. The van der Waals surface area contributed by atoms with E-state index in [1.165, 1.54) is 6.92 Å². The summed E-state index contributed by atoms with van der Waals surface area (Å²) in [7, 11) is 0. The molecule has 0 aliphatic carbocycles. The summed E-state index contributed by atoms with van der Waals surface area (Å²) in [5, 5.41) is 11.6. The molecule has 9 heteroatoms. The highest BCUT2D eigenvalue weighted by Gasteiger charge is 2.33. The van der Waals surface area contributed by atoms with E-state index in [9.17, 15) is 14.4 Å². The predicted molar refractivity (Wildman–Crippen MR) is 96.6 cm³/mol. The maximum atomic E-state index is 12.4. The van der Waals surface area contributed by atoms with Gasteiger partial charge in [-0.05, 0) is 30.7 Å². The van der Waals surface area contributed by atoms with Gasteiger partial charge in [-0.25, -0.2) is 0 Å². The molecule has 0 aromatic heterocycles. The quantitative estimate of drug-likeness (QED) is 0.597. The molecule has 24 heavy (non-hydrogen) atoms. The average Bonchev–Trinajstić information content (AvgIpc) is 2.77. The third-order valence-electron chi connectivity index (χ3n) is 3.09. The number of benzene rings is 1. The summed E-state index contributed by atoms with van der Waals surface area (Å²) in [4.78, 5) is 36.5. The molecule has 0 saturated carbocycles. The number of carbonyl (C=O) groups is 3. The SMILES string of the molecule is CC(NC(=O)CN1C(=O)/C(=C/c2ccc(Cl)cc2)SC1=S)C(=O)O. The van der Waals surface area contributed by atoms with E-state index in [0.29, 0.717) is 9.93 Å². The molecule has 0 radical (unpaired) electrons. The highest BCUT2D eigenvalue weighted by atomic mass is 35.5. The van der Waals surface area contributed by atoms with Crippen LogP contribution in [0.4, 0.5) is 0 Å². The van der Waals surface area contributed by atoms with Gasteiger partial charge in [0.25, 0.3) is 5.91 Å². The summed E-state index contributed by atoms with van der Waals surface area (Å²) in [6.45, 7) is 1.02. The lowest BCUT2D eigenvalue weighted by molar-refractivity contribution is -0.141. The van der Waals surface area contributed by atoms with Gasteiger partial charge in [0.05, 0.1) is 4.91 Å². The Morgan fingerprint density at radius 3 is 2.62 bits per heavy atom. The average molecular weight is 385 g/mol. The number of halogens is 1. The fourth-order valence-corrected chi connectivity index (χ4v) is 3.22. The predicted octanol–water partition coefficient (Wildman–Crippen LogP) is 2.13. The van der Waals surface area contributed by atoms with Crippen molar-refractivity contribution in [3.8, 4) is 0 Å². The third kappa shape index (κ3) is 4.56. The van der Waals surface area contributed by atoms with Crippen molar-refractivity contribution in [1.29, 1.82) is 0 Å². The van der Waals surface area contributed by atoms with Gasteiger partial charge in [-0.15, -0.1) is 0 Å². The molecule has 1 atom stereocenters. The van der Waals surface area contributed by atoms with Crippen LogP contribution in [0.25, 0.3) is 6.08 Å². The van der Waals surface area contributed by atoms with Gasteiger partial charge in [0.15, 0.2) is 0 Å². The minimum atomic E-state index is -1.16. The summed E-state index contributed by atoms with van der Waals surface area (Å²) < 4.78 is 0.248. The van der Waals surface area contributed by atoms with Crippen molar-refractivity contribution in [2.45, 2.75) is 13.0 Å². The first kappa shape index (κ1) is 18.4. The van der Waals surface area contributed by atoms with Crippen molar-refractivity contribution >= 4 is 63.8 Å². The molecule has 126 valence electrons. The first-order chi connectivity index (χ1) is 11.3. The van der Waals surface area contributed by atoms with Crippen LogP contribution in [0.5, 0.6) is 0 Å². The number of hydrogen-bond donors (Lipinski definition) is 2. The minimum Gasteiger partial charge on any atom is -0.480 e. The Bertz CT molecular complexity index is 733. The molecule has 1 aliphatic heterocycles. The Balaban J connectivity index is 2.07. The number of nitrogens with one attached hydrogen (secondary N) is 1. The maximum absolute atomic E-state index is 12.4. The second kappa shape index (κ2) is 7.78. The van der Waals surface area contributed by atoms with Gasteiger partial charge < -0.3 is 10.4 Å². The van der Waals surface area contributed by atoms with Crippen molar-refractivity contribution < 1.29 is 19.5 Å². The van der Waals surface area contributed by atoms with Gasteiger partial charge in [0.1, 0.15) is 16.9 Å². The molecule has 6 nitrogen and oxygen atoms in total. The number of thiocarbonyl (C=S) groups is 1. The lowest BCUT2D eigenvalue weighted by atomic mass is 10.2. The summed E-state index contributed by atoms with van der Waals surface area (Å²) in [6.07, 6.45) is 1.66. The zero-order chi connectivity index (χ0) is 17.9. The Morgan fingerprint density at radius 1 is 1.42 bits per heavy atom. The minimum absolute atomic E-state index is 0.248. The van der Waals surface area contributed by atoms with E-state index in [2.05, 4.69) is 5.32 Å². The van der Waals surface area contributed by atoms with Crippen molar-refractivity contribution in [3.05, 3.63) is 39.8 Å². The van der Waals surface area contributed by atoms with Crippen LogP contribution < -0.4 is 5.32 Å². The molecule has 0 spiro atoms. The standard InChI is InChI=1S/C15H13ClN2O4S2/c1-8(14(21)22)17-12(19)7-18-13(20)11(24-15(18)23)6-9-2-4-10(16)5-3-9/h2-6,8H,7H2,1H3,(H,17,19)(H,21,22)/b11-6-. The number of hydrogen-bond acceptors (Lipinski definition) is 5. The molecular weight excluding hydrogens is 372 g/mol. The van der Waals surface area contributed by atoms with Gasteiger partial charge in [0.2, 0.25) is 5.91 Å². The van der Waals surface area contributed by atoms with Crippen LogP contribution in [-0.4, -0.2) is 44.7 Å². The summed E-state index contributed by atoms with van der Waals surface area (Å²) in [6, 6.07) is 5.89. The third-order valence-corrected chi connectivity index (χ3v) is 4.72. The molecule has 1 saturated heterocycles. The molecule has 1 aromatic rings. The fraction of sp³-hybridized carbons (Fsp3) is 0.200. The molecule has 2 N–H and O–H groups in total. The normalized spacial score (nSPS) is 17.2. The zero-order valence-corrected chi connectivity index (χ0v) is 14.9. The summed E-state index contributed by atoms with van der Waals surface area (Å²) in [5.41, 5.74) is 0.781. The number of amides is 2. The molecule has 1 aliphatic rings. The van der Waals surface area contributed by atoms with Crippen LogP contribution in [-0.2, 0) is 14.4 Å². The zero-order valence-electron chi connectivity index (χ0n) is 12.5. The lowest BCUT2D eigenvalue weighted by Crippen LogP contribution is -2.45. The first-order valence-electron chi connectivity index (χ1n) is 6.81. The number of carboxylic acids is 1. The van der Waals surface area contributed by atoms with Crippen LogP contribution in [0, 0.1) is 0 Å². The molecule has 1 heterocycles. The molecule has 2 rings (SSSR count). The topological polar surface area (TPSA) is 86.7 Å². The molecule has 0 bridgehead atoms. The second-order valence-corrected chi connectivity index (χ2v) is 7.06. The Labute approximate surface area is 152 Å². The van der Waals surface area contributed by atoms with E-state index in [1.54, 1.807) is 30.3 Å². The second-order valence-electron chi connectivity index (χ2n) is 4.95. The molecule has 2 amide bonds. The maximum Gasteiger partial charge on any atom is 0.325 e. The van der Waals surface area contributed by atoms with Crippen molar-refractivity contribution in [2.75, 3.05) is 6.54 Å². The van der Waals surface area contributed by atoms with Crippen LogP contribution in [0.15, 0.2) is 29.2 Å². The number of nitrogens with zero attached hydrogens (tertiary/aromatic N) is 1. The van der Waals surface area contributed by atoms with E-state index < -0.39 is 23.8 Å². The van der Waals surface area contributed by atoms with Crippen LogP contribution in [0.2, 0.25) is 5.02 Å². The van der Waals surface area contributed by atoms with Crippen LogP contribution >= 0.6 is 35.6 Å². The van der Waals surface area contributed by atoms with Gasteiger partial charge in [-0.2, -0.15) is 0 Å². The van der Waals surface area contributed by atoms with Gasteiger partial charge in [-0.3, -0.25) is 19.3 Å². The van der Waals surface area contributed by atoms with E-state index in [1.807, 2.05) is 0 Å². The van der Waals surface area contributed by atoms with E-state index in [4.69, 9.17) is 28.9 Å². The number of carbonyl (C=O) groups excluding carboxylic acids is 2. The Morgan fingerprint density at radius 2 is 2.04 bits per heavy atom. The molecule has 1 unspecified atom stereocenters. The Hall–Kier alpha value is -1.90. The summed E-state index contributed by atoms with van der Waals surface area (Å²) in [5.74, 6) is -2.14. The van der Waals surface area contributed by atoms with Gasteiger partial charge in [0, 0.05) is 5.02 Å². The number of carboxylic acid groups (broad SMARTS) is 1. The molecular formula is C15H13ClN2O4S2. The summed E-state index contributed by atoms with van der Waals surface area (Å²) >= 11 is 12.0. The number of aliphatic carboxylic acids is 1. The monoisotopic (exact) mass is 384 g/mol. The fourth-order valence-electron chi connectivity index (χ4n) is 1.84. The highest BCUT2D eigenvalue weighted by molar-refractivity contribution is 8.26. The molecule has 1 fully saturated rings. The van der Waals surface area contributed by atoms with Crippen LogP contribution in [0.3, 0.4) is 0 Å². The van der Waals surface area contributed by atoms with Crippen molar-refractivity contribution in [3.63, 3.8) is 0 Å². The van der Waals surface area contributed by atoms with Gasteiger partial charge >= 0.3 is 5.97 Å². The molecule has 1 aromatic carbocycles. The van der Waals surface area contributed by atoms with Crippen molar-refractivity contribution in [2.24, 2.45) is 0 Å². The largest absolute Gasteiger partial charge is 0.480 e. The van der Waals surface area contributed by atoms with E-state index in [0.717, 1.165) is 22.2 Å². The number of thioether (sulfide) groups is 1. The van der Waals surface area contributed by atoms with Gasteiger partial charge in [-0.1, -0.05) is 47.7 Å². The first-order valence-corrected chi connectivity index (χ1v) is 8.41. The van der Waals surface area contributed by atoms with E-state index >= 15 is 0 Å². The smallest absolute Gasteiger partial charge is 0.325 e. The number of rotatable bonds is 5. The highest BCUT2D eigenvalue weighted by Crippen LogP contribution is 2.32. The van der Waals surface area contributed by atoms with Crippen LogP contribution in [0.1, 0.15) is 12.5 Å². The van der Waals surface area contributed by atoms with E-state index in [-0.39, 0.29) is 10.9 Å².